The molecule has 1 heterocycles. The number of hydrogen-bond donors (Lipinski definition) is 1. The standard InChI is InChI=1S/C14H16F3NO4/c1-18(12(7-13(19)20)14(15,16)17)8-9-2-3-10-11(6-9)22-5-4-21-10/h2-3,6,12H,4-5,7-8H2,1H3,(H,19,20). The highest BCUT2D eigenvalue weighted by Crippen LogP contribution is 2.32. The molecule has 1 aliphatic rings. The van der Waals surface area contributed by atoms with Gasteiger partial charge in [0.25, 0.3) is 0 Å². The second kappa shape index (κ2) is 6.43. The van der Waals surface area contributed by atoms with Gasteiger partial charge in [-0.3, -0.25) is 9.69 Å². The highest BCUT2D eigenvalue weighted by Gasteiger charge is 2.43. The van der Waals surface area contributed by atoms with Crippen molar-refractivity contribution >= 4 is 5.97 Å². The Balaban J connectivity index is 2.12. The van der Waals surface area contributed by atoms with Gasteiger partial charge in [0.15, 0.2) is 11.5 Å². The third-order valence-electron chi connectivity index (χ3n) is 3.32. The molecule has 22 heavy (non-hydrogen) atoms. The van der Waals surface area contributed by atoms with E-state index in [-0.39, 0.29) is 6.54 Å². The summed E-state index contributed by atoms with van der Waals surface area (Å²) in [6.45, 7) is 0.769. The van der Waals surface area contributed by atoms with Crippen LogP contribution in [0.5, 0.6) is 11.5 Å². The van der Waals surface area contributed by atoms with Crippen molar-refractivity contribution in [3.8, 4) is 11.5 Å². The summed E-state index contributed by atoms with van der Waals surface area (Å²) in [4.78, 5) is 11.6. The monoisotopic (exact) mass is 319 g/mol. The smallest absolute Gasteiger partial charge is 0.404 e. The van der Waals surface area contributed by atoms with Crippen LogP contribution in [0.25, 0.3) is 0 Å². The van der Waals surface area contributed by atoms with Crippen LogP contribution in [0.2, 0.25) is 0 Å². The topological polar surface area (TPSA) is 59.0 Å². The summed E-state index contributed by atoms with van der Waals surface area (Å²) in [6, 6.07) is 2.84. The molecule has 1 unspecified atom stereocenters. The van der Waals surface area contributed by atoms with Gasteiger partial charge >= 0.3 is 12.1 Å². The summed E-state index contributed by atoms with van der Waals surface area (Å²) in [5, 5.41) is 8.66. The van der Waals surface area contributed by atoms with Crippen molar-refractivity contribution in [2.24, 2.45) is 0 Å². The van der Waals surface area contributed by atoms with Gasteiger partial charge in [-0.05, 0) is 24.7 Å². The molecular weight excluding hydrogens is 303 g/mol. The van der Waals surface area contributed by atoms with Crippen LogP contribution < -0.4 is 9.47 Å². The van der Waals surface area contributed by atoms with E-state index >= 15 is 0 Å². The number of carboxylic acid groups (broad SMARTS) is 1. The zero-order valence-corrected chi connectivity index (χ0v) is 11.9. The Kier molecular flexibility index (Phi) is 4.80. The second-order valence-electron chi connectivity index (χ2n) is 5.05. The summed E-state index contributed by atoms with van der Waals surface area (Å²) >= 11 is 0. The molecule has 0 fully saturated rings. The van der Waals surface area contributed by atoms with Crippen LogP contribution >= 0.6 is 0 Å². The van der Waals surface area contributed by atoms with Gasteiger partial charge in [-0.2, -0.15) is 13.2 Å². The molecule has 0 amide bonds. The Bertz CT molecular complexity index is 547. The predicted octanol–water partition coefficient (Wildman–Crippen LogP) is 2.30. The van der Waals surface area contributed by atoms with Gasteiger partial charge in [-0.15, -0.1) is 0 Å². The molecule has 8 heteroatoms. The van der Waals surface area contributed by atoms with Crippen molar-refractivity contribution in [3.05, 3.63) is 23.8 Å². The van der Waals surface area contributed by atoms with E-state index in [1.165, 1.54) is 7.05 Å². The average Bonchev–Trinajstić information content (AvgIpc) is 2.43. The largest absolute Gasteiger partial charge is 0.486 e. The van der Waals surface area contributed by atoms with Crippen molar-refractivity contribution < 1.29 is 32.5 Å². The van der Waals surface area contributed by atoms with Gasteiger partial charge in [-0.1, -0.05) is 6.07 Å². The molecule has 1 N–H and O–H groups in total. The third kappa shape index (κ3) is 4.03. The van der Waals surface area contributed by atoms with E-state index in [0.717, 1.165) is 4.90 Å². The van der Waals surface area contributed by atoms with Gasteiger partial charge in [-0.25, -0.2) is 0 Å². The van der Waals surface area contributed by atoms with E-state index in [9.17, 15) is 18.0 Å². The first kappa shape index (κ1) is 16.4. The lowest BCUT2D eigenvalue weighted by molar-refractivity contribution is -0.188. The minimum Gasteiger partial charge on any atom is -0.486 e. The number of carboxylic acids is 1. The lowest BCUT2D eigenvalue weighted by Gasteiger charge is -2.29. The first-order valence-electron chi connectivity index (χ1n) is 6.64. The summed E-state index contributed by atoms with van der Waals surface area (Å²) < 4.78 is 49.6. The molecule has 1 atom stereocenters. The predicted molar refractivity (Wildman–Crippen MR) is 71.0 cm³/mol. The van der Waals surface area contributed by atoms with E-state index < -0.39 is 24.6 Å². The van der Waals surface area contributed by atoms with Gasteiger partial charge in [0.2, 0.25) is 0 Å². The van der Waals surface area contributed by atoms with Crippen LogP contribution in [0.1, 0.15) is 12.0 Å². The number of benzene rings is 1. The van der Waals surface area contributed by atoms with Gasteiger partial charge < -0.3 is 14.6 Å². The molecular formula is C14H16F3NO4. The van der Waals surface area contributed by atoms with Crippen LogP contribution in [-0.2, 0) is 11.3 Å². The first-order valence-corrected chi connectivity index (χ1v) is 6.64. The van der Waals surface area contributed by atoms with Gasteiger partial charge in [0.1, 0.15) is 19.3 Å². The Hall–Kier alpha value is -1.96. The molecule has 1 aromatic rings. The highest BCUT2D eigenvalue weighted by atomic mass is 19.4. The number of carbonyl (C=O) groups is 1. The summed E-state index contributed by atoms with van der Waals surface area (Å²) in [5.74, 6) is -0.453. The fourth-order valence-electron chi connectivity index (χ4n) is 2.27. The number of aliphatic carboxylic acids is 1. The number of rotatable bonds is 5. The van der Waals surface area contributed by atoms with Crippen LogP contribution in [0.3, 0.4) is 0 Å². The van der Waals surface area contributed by atoms with Crippen LogP contribution in [-0.4, -0.2) is 48.5 Å². The molecule has 0 aliphatic carbocycles. The van der Waals surface area contributed by atoms with Crippen LogP contribution in [0.4, 0.5) is 13.2 Å². The lowest BCUT2D eigenvalue weighted by Crippen LogP contribution is -2.44. The normalized spacial score (nSPS) is 15.7. The number of fused-ring (bicyclic) bond motifs is 1. The Morgan fingerprint density at radius 3 is 2.55 bits per heavy atom. The molecule has 1 aliphatic heterocycles. The average molecular weight is 319 g/mol. The van der Waals surface area contributed by atoms with Gasteiger partial charge in [0.05, 0.1) is 6.42 Å². The molecule has 0 spiro atoms. The Labute approximate surface area is 125 Å². The molecule has 2 rings (SSSR count). The summed E-state index contributed by atoms with van der Waals surface area (Å²) in [5.41, 5.74) is 0.589. The molecule has 0 saturated heterocycles. The molecule has 1 aromatic carbocycles. The summed E-state index contributed by atoms with van der Waals surface area (Å²) in [7, 11) is 1.25. The van der Waals surface area contributed by atoms with Crippen molar-refractivity contribution in [2.75, 3.05) is 20.3 Å². The number of halogens is 3. The zero-order chi connectivity index (χ0) is 16.3. The van der Waals surface area contributed by atoms with Gasteiger partial charge in [0, 0.05) is 6.54 Å². The van der Waals surface area contributed by atoms with E-state index in [4.69, 9.17) is 14.6 Å². The fraction of sp³-hybridized carbons (Fsp3) is 0.500. The summed E-state index contributed by atoms with van der Waals surface area (Å²) in [6.07, 6.45) is -5.61. The number of alkyl halides is 3. The minimum absolute atomic E-state index is 0.0475. The van der Waals surface area contributed by atoms with E-state index in [0.29, 0.717) is 30.3 Å². The zero-order valence-electron chi connectivity index (χ0n) is 11.9. The molecule has 0 radical (unpaired) electrons. The SMILES string of the molecule is CN(Cc1ccc2c(c1)OCCO2)C(CC(=O)O)C(F)(F)F. The minimum atomic E-state index is -4.61. The quantitative estimate of drug-likeness (QED) is 0.902. The number of hydrogen-bond acceptors (Lipinski definition) is 4. The maximum Gasteiger partial charge on any atom is 0.404 e. The maximum atomic E-state index is 13.0. The highest BCUT2D eigenvalue weighted by molar-refractivity contribution is 5.67. The lowest BCUT2D eigenvalue weighted by atomic mass is 10.1. The Morgan fingerprint density at radius 1 is 1.32 bits per heavy atom. The van der Waals surface area contributed by atoms with Crippen molar-refractivity contribution in [2.45, 2.75) is 25.2 Å². The maximum absolute atomic E-state index is 13.0. The van der Waals surface area contributed by atoms with Crippen molar-refractivity contribution in [1.82, 2.24) is 4.90 Å². The van der Waals surface area contributed by atoms with Crippen LogP contribution in [0.15, 0.2) is 18.2 Å². The Morgan fingerprint density at radius 2 is 1.95 bits per heavy atom. The molecule has 0 aromatic heterocycles. The molecule has 5 nitrogen and oxygen atoms in total. The number of nitrogens with zero attached hydrogens (tertiary/aromatic N) is 1. The fourth-order valence-corrected chi connectivity index (χ4v) is 2.27. The van der Waals surface area contributed by atoms with E-state index in [1.54, 1.807) is 18.2 Å². The third-order valence-corrected chi connectivity index (χ3v) is 3.32. The molecule has 0 saturated carbocycles. The number of ether oxygens (including phenoxy) is 2. The van der Waals surface area contributed by atoms with Crippen molar-refractivity contribution in [1.29, 1.82) is 0 Å². The first-order chi connectivity index (χ1) is 10.3. The van der Waals surface area contributed by atoms with Crippen LogP contribution in [0, 0.1) is 0 Å². The molecule has 0 bridgehead atoms. The second-order valence-corrected chi connectivity index (χ2v) is 5.05. The molecule has 122 valence electrons. The van der Waals surface area contributed by atoms with Crippen molar-refractivity contribution in [3.63, 3.8) is 0 Å². The van der Waals surface area contributed by atoms with E-state index in [2.05, 4.69) is 0 Å². The van der Waals surface area contributed by atoms with E-state index in [1.807, 2.05) is 0 Å².